The predicted octanol–water partition coefficient (Wildman–Crippen LogP) is 2.44. The van der Waals surface area contributed by atoms with E-state index in [9.17, 15) is 0 Å². The molecule has 0 radical (unpaired) electrons. The molecule has 0 saturated heterocycles. The summed E-state index contributed by atoms with van der Waals surface area (Å²) in [5.41, 5.74) is 1.59. The highest BCUT2D eigenvalue weighted by molar-refractivity contribution is 5.86. The second kappa shape index (κ2) is 5.26. The Morgan fingerprint density at radius 3 is 2.95 bits per heavy atom. The number of aromatic nitrogens is 3. The van der Waals surface area contributed by atoms with Crippen LogP contribution in [0.25, 0.3) is 22.4 Å². The first-order chi connectivity index (χ1) is 9.81. The smallest absolute Gasteiger partial charge is 0.261 e. The molecule has 2 heterocycles. The van der Waals surface area contributed by atoms with Gasteiger partial charge in [-0.1, -0.05) is 11.2 Å². The molecule has 0 unspecified atom stereocenters. The summed E-state index contributed by atoms with van der Waals surface area (Å²) in [6, 6.07) is 7.62. The molecule has 0 aliphatic rings. The number of hydrogen-bond donors (Lipinski definition) is 0. The van der Waals surface area contributed by atoms with Crippen molar-refractivity contribution in [1.82, 2.24) is 15.1 Å². The third-order valence-corrected chi connectivity index (χ3v) is 2.90. The Bertz CT molecular complexity index is 739. The number of hydrogen-bond acceptors (Lipinski definition) is 6. The number of methoxy groups -OCH3 is 2. The van der Waals surface area contributed by atoms with Gasteiger partial charge in [0.05, 0.1) is 18.2 Å². The molecule has 3 rings (SSSR count). The van der Waals surface area contributed by atoms with Crippen molar-refractivity contribution in [3.8, 4) is 17.2 Å². The lowest BCUT2D eigenvalue weighted by Gasteiger charge is -2.06. The molecule has 0 atom stereocenters. The van der Waals surface area contributed by atoms with E-state index in [1.54, 1.807) is 20.4 Å². The standard InChI is InChI=1S/C14H13N3O3/c1-18-8-13-16-14(20-17-13)10-6-9-4-3-5-15-11(9)7-12(10)19-2/h3-7H,8H2,1-2H3. The zero-order valence-electron chi connectivity index (χ0n) is 11.2. The van der Waals surface area contributed by atoms with E-state index in [4.69, 9.17) is 14.0 Å². The molecule has 0 fully saturated rings. The predicted molar refractivity (Wildman–Crippen MR) is 72.3 cm³/mol. The summed E-state index contributed by atoms with van der Waals surface area (Å²) in [5.74, 6) is 1.54. The lowest BCUT2D eigenvalue weighted by molar-refractivity contribution is 0.174. The first-order valence-electron chi connectivity index (χ1n) is 6.06. The molecule has 20 heavy (non-hydrogen) atoms. The molecule has 102 valence electrons. The zero-order chi connectivity index (χ0) is 13.9. The zero-order valence-corrected chi connectivity index (χ0v) is 11.2. The van der Waals surface area contributed by atoms with Gasteiger partial charge < -0.3 is 14.0 Å². The molecule has 1 aromatic carbocycles. The van der Waals surface area contributed by atoms with Gasteiger partial charge in [0, 0.05) is 24.8 Å². The van der Waals surface area contributed by atoms with E-state index in [1.165, 1.54) is 0 Å². The molecular formula is C14H13N3O3. The van der Waals surface area contributed by atoms with Gasteiger partial charge in [0.15, 0.2) is 5.82 Å². The minimum atomic E-state index is 0.307. The van der Waals surface area contributed by atoms with Crippen LogP contribution in [0.15, 0.2) is 35.0 Å². The minimum Gasteiger partial charge on any atom is -0.496 e. The quantitative estimate of drug-likeness (QED) is 0.725. The van der Waals surface area contributed by atoms with Crippen LogP contribution in [-0.2, 0) is 11.3 Å². The summed E-state index contributed by atoms with van der Waals surface area (Å²) in [6.07, 6.45) is 1.74. The molecule has 0 saturated carbocycles. The first-order valence-corrected chi connectivity index (χ1v) is 6.06. The average molecular weight is 271 g/mol. The fraction of sp³-hybridized carbons (Fsp3) is 0.214. The second-order valence-electron chi connectivity index (χ2n) is 4.20. The van der Waals surface area contributed by atoms with Gasteiger partial charge in [-0.05, 0) is 12.1 Å². The van der Waals surface area contributed by atoms with Crippen molar-refractivity contribution in [1.29, 1.82) is 0 Å². The molecule has 0 bridgehead atoms. The summed E-state index contributed by atoms with van der Waals surface area (Å²) in [5, 5.41) is 4.84. The fourth-order valence-corrected chi connectivity index (χ4v) is 1.99. The van der Waals surface area contributed by atoms with Gasteiger partial charge in [0.2, 0.25) is 0 Å². The van der Waals surface area contributed by atoms with Crippen LogP contribution in [0, 0.1) is 0 Å². The summed E-state index contributed by atoms with van der Waals surface area (Å²) in [6.45, 7) is 0.307. The maximum absolute atomic E-state index is 5.38. The fourth-order valence-electron chi connectivity index (χ4n) is 1.99. The van der Waals surface area contributed by atoms with Gasteiger partial charge in [0.25, 0.3) is 5.89 Å². The van der Waals surface area contributed by atoms with Gasteiger partial charge in [0.1, 0.15) is 12.4 Å². The van der Waals surface area contributed by atoms with E-state index in [-0.39, 0.29) is 0 Å². The molecule has 6 heteroatoms. The Hall–Kier alpha value is -2.47. The number of benzene rings is 1. The van der Waals surface area contributed by atoms with Gasteiger partial charge in [-0.3, -0.25) is 4.98 Å². The molecule has 0 amide bonds. The summed E-state index contributed by atoms with van der Waals surface area (Å²) in [4.78, 5) is 8.58. The number of pyridine rings is 1. The summed E-state index contributed by atoms with van der Waals surface area (Å²) < 4.78 is 15.6. The van der Waals surface area contributed by atoms with Crippen LogP contribution >= 0.6 is 0 Å². The van der Waals surface area contributed by atoms with Gasteiger partial charge >= 0.3 is 0 Å². The van der Waals surface area contributed by atoms with Crippen molar-refractivity contribution >= 4 is 10.9 Å². The normalized spacial score (nSPS) is 10.9. The van der Waals surface area contributed by atoms with Crippen LogP contribution in [-0.4, -0.2) is 29.3 Å². The number of nitrogens with zero attached hydrogens (tertiary/aromatic N) is 3. The van der Waals surface area contributed by atoms with Gasteiger partial charge in [-0.2, -0.15) is 4.98 Å². The maximum Gasteiger partial charge on any atom is 0.261 e. The molecule has 0 N–H and O–H groups in total. The molecule has 3 aromatic rings. The van der Waals surface area contributed by atoms with Crippen molar-refractivity contribution < 1.29 is 14.0 Å². The number of fused-ring (bicyclic) bond motifs is 1. The van der Waals surface area contributed by atoms with E-state index < -0.39 is 0 Å². The Morgan fingerprint density at radius 2 is 2.15 bits per heavy atom. The van der Waals surface area contributed by atoms with Crippen LogP contribution < -0.4 is 4.74 Å². The van der Waals surface area contributed by atoms with Crippen molar-refractivity contribution in [2.45, 2.75) is 6.61 Å². The highest BCUT2D eigenvalue weighted by Crippen LogP contribution is 2.32. The SMILES string of the molecule is COCc1noc(-c2cc3cccnc3cc2OC)n1. The van der Waals surface area contributed by atoms with Crippen LogP contribution in [0.1, 0.15) is 5.82 Å². The second-order valence-corrected chi connectivity index (χ2v) is 4.20. The molecule has 0 aliphatic heterocycles. The lowest BCUT2D eigenvalue weighted by atomic mass is 10.1. The van der Waals surface area contributed by atoms with E-state index >= 15 is 0 Å². The Kier molecular flexibility index (Phi) is 3.30. The van der Waals surface area contributed by atoms with Crippen molar-refractivity contribution in [2.75, 3.05) is 14.2 Å². The van der Waals surface area contributed by atoms with Gasteiger partial charge in [-0.25, -0.2) is 0 Å². The average Bonchev–Trinajstić information content (AvgIpc) is 2.94. The van der Waals surface area contributed by atoms with Crippen molar-refractivity contribution in [3.63, 3.8) is 0 Å². The van der Waals surface area contributed by atoms with Crippen molar-refractivity contribution in [3.05, 3.63) is 36.3 Å². The van der Waals surface area contributed by atoms with E-state index in [0.717, 1.165) is 16.5 Å². The molecule has 2 aromatic heterocycles. The number of rotatable bonds is 4. The monoisotopic (exact) mass is 271 g/mol. The lowest BCUT2D eigenvalue weighted by Crippen LogP contribution is -1.92. The third-order valence-electron chi connectivity index (χ3n) is 2.90. The highest BCUT2D eigenvalue weighted by Gasteiger charge is 2.15. The summed E-state index contributed by atoms with van der Waals surface area (Å²) in [7, 11) is 3.18. The van der Waals surface area contributed by atoms with Crippen LogP contribution in [0.4, 0.5) is 0 Å². The number of ether oxygens (including phenoxy) is 2. The van der Waals surface area contributed by atoms with E-state index in [2.05, 4.69) is 15.1 Å². The van der Waals surface area contributed by atoms with E-state index in [0.29, 0.717) is 24.1 Å². The topological polar surface area (TPSA) is 70.3 Å². The summed E-state index contributed by atoms with van der Waals surface area (Å²) >= 11 is 0. The first kappa shape index (κ1) is 12.6. The molecule has 0 aliphatic carbocycles. The minimum absolute atomic E-state index is 0.307. The Labute approximate surface area is 115 Å². The Morgan fingerprint density at radius 1 is 1.25 bits per heavy atom. The molecule has 0 spiro atoms. The van der Waals surface area contributed by atoms with Crippen molar-refractivity contribution in [2.24, 2.45) is 0 Å². The molecule has 6 nitrogen and oxygen atoms in total. The third kappa shape index (κ3) is 2.21. The van der Waals surface area contributed by atoms with Crippen LogP contribution in [0.3, 0.4) is 0 Å². The maximum atomic E-state index is 5.38. The largest absolute Gasteiger partial charge is 0.496 e. The highest BCUT2D eigenvalue weighted by atomic mass is 16.5. The molecular weight excluding hydrogens is 258 g/mol. The van der Waals surface area contributed by atoms with Crippen LogP contribution in [0.5, 0.6) is 5.75 Å². The van der Waals surface area contributed by atoms with Gasteiger partial charge in [-0.15, -0.1) is 0 Å². The Balaban J connectivity index is 2.12. The van der Waals surface area contributed by atoms with E-state index in [1.807, 2.05) is 24.3 Å². The van der Waals surface area contributed by atoms with Crippen LogP contribution in [0.2, 0.25) is 0 Å².